The van der Waals surface area contributed by atoms with E-state index in [9.17, 15) is 9.59 Å². The van der Waals surface area contributed by atoms with E-state index in [2.05, 4.69) is 21.4 Å². The van der Waals surface area contributed by atoms with Gasteiger partial charge in [0.15, 0.2) is 0 Å². The number of carbonyl (C=O) groups is 1. The maximum atomic E-state index is 12.8. The number of hydrogen-bond donors (Lipinski definition) is 1. The number of amides is 1. The van der Waals surface area contributed by atoms with Gasteiger partial charge in [0, 0.05) is 18.3 Å². The molecule has 1 N–H and O–H groups in total. The predicted octanol–water partition coefficient (Wildman–Crippen LogP) is 4.83. The molecule has 5 rings (SSSR count). The van der Waals surface area contributed by atoms with E-state index in [0.717, 1.165) is 20.8 Å². The summed E-state index contributed by atoms with van der Waals surface area (Å²) in [5.41, 5.74) is 3.18. The van der Waals surface area contributed by atoms with Gasteiger partial charge in [-0.2, -0.15) is 0 Å². The smallest absolute Gasteiger partial charge is 0.266 e. The topological polar surface area (TPSA) is 76.9 Å². The van der Waals surface area contributed by atoms with Crippen LogP contribution in [0, 0.1) is 6.92 Å². The number of para-hydroxylation sites is 1. The number of nitrogens with one attached hydrogen (secondary N) is 1. The summed E-state index contributed by atoms with van der Waals surface area (Å²) in [5, 5.41) is 4.36. The Balaban J connectivity index is 1.41. The monoisotopic (exact) mass is 432 g/mol. The number of hydrogen-bond acceptors (Lipinski definition) is 6. The van der Waals surface area contributed by atoms with Gasteiger partial charge in [0.1, 0.15) is 9.84 Å². The van der Waals surface area contributed by atoms with E-state index in [1.165, 1.54) is 22.2 Å². The number of nitrogens with zero attached hydrogens (tertiary/aromatic N) is 3. The highest BCUT2D eigenvalue weighted by Gasteiger charge is 2.19. The van der Waals surface area contributed by atoms with Crippen LogP contribution in [0.2, 0.25) is 0 Å². The van der Waals surface area contributed by atoms with Gasteiger partial charge in [0.2, 0.25) is 0 Å². The van der Waals surface area contributed by atoms with Gasteiger partial charge < -0.3 is 9.88 Å². The van der Waals surface area contributed by atoms with E-state index >= 15 is 0 Å². The quantitative estimate of drug-likeness (QED) is 0.443. The number of fused-ring (bicyclic) bond motifs is 2. The van der Waals surface area contributed by atoms with Crippen molar-refractivity contribution in [3.05, 3.63) is 75.7 Å². The van der Waals surface area contributed by atoms with Crippen LogP contribution in [0.25, 0.3) is 31.0 Å². The van der Waals surface area contributed by atoms with Crippen LogP contribution in [0.5, 0.6) is 0 Å². The molecule has 0 aliphatic heterocycles. The molecule has 3 aromatic heterocycles. The molecule has 3 heterocycles. The molecule has 1 amide bonds. The predicted molar refractivity (Wildman–Crippen MR) is 123 cm³/mol. The molecule has 148 valence electrons. The van der Waals surface area contributed by atoms with E-state index < -0.39 is 0 Å². The lowest BCUT2D eigenvalue weighted by molar-refractivity contribution is 0.103. The number of aromatic nitrogens is 3. The Labute approximate surface area is 179 Å². The number of carbonyl (C=O) groups excluding carboxylic acids is 1. The Morgan fingerprint density at radius 3 is 2.60 bits per heavy atom. The van der Waals surface area contributed by atoms with E-state index in [4.69, 9.17) is 0 Å². The van der Waals surface area contributed by atoms with Gasteiger partial charge in [-0.1, -0.05) is 12.1 Å². The van der Waals surface area contributed by atoms with Crippen LogP contribution in [-0.2, 0) is 7.05 Å². The van der Waals surface area contributed by atoms with E-state index in [-0.39, 0.29) is 11.5 Å². The third kappa shape index (κ3) is 3.10. The highest BCUT2D eigenvalue weighted by atomic mass is 32.1. The van der Waals surface area contributed by atoms with Crippen molar-refractivity contribution in [2.24, 2.45) is 7.05 Å². The molecule has 0 saturated carbocycles. The third-order valence-corrected chi connectivity index (χ3v) is 7.18. The maximum Gasteiger partial charge on any atom is 0.266 e. The lowest BCUT2D eigenvalue weighted by atomic mass is 10.2. The minimum Gasteiger partial charge on any atom is -0.321 e. The van der Waals surface area contributed by atoms with E-state index in [1.54, 1.807) is 25.3 Å². The van der Waals surface area contributed by atoms with E-state index in [1.807, 2.05) is 42.5 Å². The summed E-state index contributed by atoms with van der Waals surface area (Å²) in [4.78, 5) is 35.2. The Morgan fingerprint density at radius 1 is 1.07 bits per heavy atom. The van der Waals surface area contributed by atoms with Crippen molar-refractivity contribution in [3.63, 3.8) is 0 Å². The zero-order valence-corrected chi connectivity index (χ0v) is 17.8. The van der Waals surface area contributed by atoms with Gasteiger partial charge in [-0.25, -0.2) is 9.97 Å². The highest BCUT2D eigenvalue weighted by molar-refractivity contribution is 7.21. The molecule has 0 saturated heterocycles. The van der Waals surface area contributed by atoms with Crippen molar-refractivity contribution < 1.29 is 4.79 Å². The molecule has 0 radical (unpaired) electrons. The molecule has 0 aliphatic rings. The first-order valence-electron chi connectivity index (χ1n) is 9.23. The number of rotatable bonds is 3. The van der Waals surface area contributed by atoms with Crippen molar-refractivity contribution in [1.82, 2.24) is 14.5 Å². The summed E-state index contributed by atoms with van der Waals surface area (Å²) < 4.78 is 2.56. The second kappa shape index (κ2) is 7.16. The molecular weight excluding hydrogens is 416 g/mol. The molecule has 0 fully saturated rings. The molecule has 0 spiro atoms. The maximum absolute atomic E-state index is 12.8. The van der Waals surface area contributed by atoms with Gasteiger partial charge in [0.25, 0.3) is 11.5 Å². The fraction of sp³-hybridized carbons (Fsp3) is 0.0909. The standard InChI is InChI=1S/C22H16N4O2S2/c1-12-17-21(23-11-26(2)22(17)28)30-18(12)19(27)24-14-9-7-13(8-10-14)20-25-15-5-3-4-6-16(15)29-20/h3-11H,1-2H3,(H,24,27). The van der Waals surface area contributed by atoms with Crippen LogP contribution in [0.15, 0.2) is 59.7 Å². The molecule has 6 nitrogen and oxygen atoms in total. The lowest BCUT2D eigenvalue weighted by Crippen LogP contribution is -2.17. The first kappa shape index (κ1) is 18.7. The van der Waals surface area contributed by atoms with Gasteiger partial charge in [-0.3, -0.25) is 9.59 Å². The average molecular weight is 433 g/mol. The van der Waals surface area contributed by atoms with Gasteiger partial charge in [0.05, 0.1) is 26.8 Å². The second-order valence-electron chi connectivity index (χ2n) is 6.92. The Morgan fingerprint density at radius 2 is 1.83 bits per heavy atom. The van der Waals surface area contributed by atoms with Crippen LogP contribution >= 0.6 is 22.7 Å². The number of thiophene rings is 1. The van der Waals surface area contributed by atoms with Crippen molar-refractivity contribution in [3.8, 4) is 10.6 Å². The first-order chi connectivity index (χ1) is 14.5. The number of thiazole rings is 1. The van der Waals surface area contributed by atoms with Crippen molar-refractivity contribution >= 4 is 54.7 Å². The number of anilines is 1. The van der Waals surface area contributed by atoms with Crippen LogP contribution < -0.4 is 10.9 Å². The summed E-state index contributed by atoms with van der Waals surface area (Å²) in [6.45, 7) is 1.78. The fourth-order valence-corrected chi connectivity index (χ4v) is 5.31. The molecular formula is C22H16N4O2S2. The zero-order chi connectivity index (χ0) is 20.8. The minimum absolute atomic E-state index is 0.145. The lowest BCUT2D eigenvalue weighted by Gasteiger charge is -2.05. The Hall–Kier alpha value is -3.36. The second-order valence-corrected chi connectivity index (χ2v) is 8.94. The minimum atomic E-state index is -0.245. The summed E-state index contributed by atoms with van der Waals surface area (Å²) >= 11 is 2.87. The van der Waals surface area contributed by atoms with Crippen molar-refractivity contribution in [2.75, 3.05) is 5.32 Å². The van der Waals surface area contributed by atoms with Gasteiger partial charge in [-0.15, -0.1) is 22.7 Å². The molecule has 2 aromatic carbocycles. The van der Waals surface area contributed by atoms with Crippen LogP contribution in [0.3, 0.4) is 0 Å². The molecule has 8 heteroatoms. The average Bonchev–Trinajstić information content (AvgIpc) is 3.33. The summed E-state index contributed by atoms with van der Waals surface area (Å²) in [5.74, 6) is -0.245. The molecule has 5 aromatic rings. The summed E-state index contributed by atoms with van der Waals surface area (Å²) in [7, 11) is 1.65. The molecule has 0 bridgehead atoms. The fourth-order valence-electron chi connectivity index (χ4n) is 3.31. The van der Waals surface area contributed by atoms with Gasteiger partial charge >= 0.3 is 0 Å². The zero-order valence-electron chi connectivity index (χ0n) is 16.2. The first-order valence-corrected chi connectivity index (χ1v) is 10.9. The van der Waals surface area contributed by atoms with Crippen LogP contribution in [-0.4, -0.2) is 20.4 Å². The molecule has 0 unspecified atom stereocenters. The van der Waals surface area contributed by atoms with E-state index in [0.29, 0.717) is 26.3 Å². The highest BCUT2D eigenvalue weighted by Crippen LogP contribution is 2.31. The molecule has 30 heavy (non-hydrogen) atoms. The van der Waals surface area contributed by atoms with Gasteiger partial charge in [-0.05, 0) is 48.9 Å². The number of aryl methyl sites for hydroxylation is 2. The summed E-state index contributed by atoms with van der Waals surface area (Å²) in [6.07, 6.45) is 1.48. The SMILES string of the molecule is Cc1c(C(=O)Nc2ccc(-c3nc4ccccc4s3)cc2)sc2ncn(C)c(=O)c12. The molecule has 0 atom stereocenters. The Bertz CT molecular complexity index is 1450. The van der Waals surface area contributed by atoms with Crippen molar-refractivity contribution in [1.29, 1.82) is 0 Å². The normalized spacial score (nSPS) is 11.3. The van der Waals surface area contributed by atoms with Crippen LogP contribution in [0.1, 0.15) is 15.2 Å². The van der Waals surface area contributed by atoms with Crippen LogP contribution in [0.4, 0.5) is 5.69 Å². The largest absolute Gasteiger partial charge is 0.321 e. The number of benzene rings is 2. The summed E-state index contributed by atoms with van der Waals surface area (Å²) in [6, 6.07) is 15.7. The third-order valence-electron chi connectivity index (χ3n) is 4.90. The van der Waals surface area contributed by atoms with Crippen molar-refractivity contribution in [2.45, 2.75) is 6.92 Å². The Kier molecular flexibility index (Phi) is 4.45. The molecule has 0 aliphatic carbocycles.